The monoisotopic (exact) mass is 394 g/mol. The van der Waals surface area contributed by atoms with Crippen molar-refractivity contribution in [2.45, 2.75) is 31.9 Å². The number of aliphatic hydroxyl groups is 2. The first-order valence-electron chi connectivity index (χ1n) is 6.82. The molecule has 1 saturated heterocycles. The highest BCUT2D eigenvalue weighted by Gasteiger charge is 2.47. The summed E-state index contributed by atoms with van der Waals surface area (Å²) in [5, 5.41) is 28.8. The lowest BCUT2D eigenvalue weighted by Crippen LogP contribution is -2.45. The molecule has 5 N–H and O–H groups in total. The molecule has 0 saturated carbocycles. The van der Waals surface area contributed by atoms with Crippen LogP contribution in [0.3, 0.4) is 0 Å². The van der Waals surface area contributed by atoms with E-state index < -0.39 is 17.2 Å². The molecule has 22 heavy (non-hydrogen) atoms. The fourth-order valence-corrected chi connectivity index (χ4v) is 3.76. The van der Waals surface area contributed by atoms with Crippen LogP contribution in [0.1, 0.15) is 25.6 Å². The fraction of sp³-hybridized carbons (Fsp3) is 0.643. The van der Waals surface area contributed by atoms with Crippen LogP contribution in [0.2, 0.25) is 0 Å². The van der Waals surface area contributed by atoms with E-state index in [4.69, 9.17) is 15.9 Å². The minimum atomic E-state index is -0.994. The normalized spacial score (nSPS) is 24.9. The molecular weight excluding hydrogens is 372 g/mol. The van der Waals surface area contributed by atoms with Crippen LogP contribution in [-0.2, 0) is 5.54 Å². The Morgan fingerprint density at radius 1 is 1.59 bits per heavy atom. The van der Waals surface area contributed by atoms with Crippen molar-refractivity contribution < 1.29 is 20.1 Å². The second-order valence-corrected chi connectivity index (χ2v) is 8.21. The van der Waals surface area contributed by atoms with Crippen LogP contribution in [0, 0.1) is 5.92 Å². The zero-order valence-electron chi connectivity index (χ0n) is 12.9. The summed E-state index contributed by atoms with van der Waals surface area (Å²) in [7, 11) is 0. The molecule has 1 amide bonds. The van der Waals surface area contributed by atoms with Gasteiger partial charge in [0.1, 0.15) is 0 Å². The summed E-state index contributed by atoms with van der Waals surface area (Å²) in [4.78, 5) is 13.1. The molecule has 2 rings (SSSR count). The Labute approximate surface area is 142 Å². The highest BCUT2D eigenvalue weighted by atomic mass is 79.9. The second kappa shape index (κ2) is 7.27. The first kappa shape index (κ1) is 19.4. The maximum Gasteiger partial charge on any atom is 0.407 e. The van der Waals surface area contributed by atoms with Gasteiger partial charge in [-0.1, -0.05) is 0 Å². The van der Waals surface area contributed by atoms with Crippen LogP contribution < -0.4 is 5.73 Å². The van der Waals surface area contributed by atoms with Gasteiger partial charge in [0.25, 0.3) is 0 Å². The summed E-state index contributed by atoms with van der Waals surface area (Å²) in [6, 6.07) is 1.89. The molecule has 0 aromatic carbocycles. The summed E-state index contributed by atoms with van der Waals surface area (Å²) in [5.74, 6) is -0.260. The minimum absolute atomic E-state index is 0.115. The highest BCUT2D eigenvalue weighted by Crippen LogP contribution is 2.38. The zero-order valence-corrected chi connectivity index (χ0v) is 15.3. The average molecular weight is 395 g/mol. The Bertz CT molecular complexity index is 511. The third-order valence-corrected chi connectivity index (χ3v) is 5.02. The van der Waals surface area contributed by atoms with Gasteiger partial charge in [0.05, 0.1) is 11.1 Å². The third-order valence-electron chi connectivity index (χ3n) is 3.14. The van der Waals surface area contributed by atoms with Gasteiger partial charge in [0, 0.05) is 40.3 Å². The largest absolute Gasteiger partial charge is 0.465 e. The molecule has 0 bridgehead atoms. The fourth-order valence-electron chi connectivity index (χ4n) is 2.14. The molecule has 1 aromatic heterocycles. The van der Waals surface area contributed by atoms with Crippen LogP contribution in [0.5, 0.6) is 0 Å². The van der Waals surface area contributed by atoms with E-state index in [-0.39, 0.29) is 25.6 Å². The third kappa shape index (κ3) is 5.20. The van der Waals surface area contributed by atoms with E-state index >= 15 is 0 Å². The Hall–Kier alpha value is -0.670. The number of hydrogen-bond acceptors (Lipinski definition) is 5. The highest BCUT2D eigenvalue weighted by molar-refractivity contribution is 9.10. The van der Waals surface area contributed by atoms with Crippen molar-refractivity contribution in [2.24, 2.45) is 11.7 Å². The number of halogens is 1. The lowest BCUT2D eigenvalue weighted by Gasteiger charge is -2.27. The van der Waals surface area contributed by atoms with E-state index in [1.807, 2.05) is 11.4 Å². The number of carbonyl (C=O) groups is 1. The van der Waals surface area contributed by atoms with Gasteiger partial charge in [0.15, 0.2) is 0 Å². The van der Waals surface area contributed by atoms with Crippen molar-refractivity contribution in [3.8, 4) is 0 Å². The summed E-state index contributed by atoms with van der Waals surface area (Å²) in [6.07, 6.45) is -0.994. The summed E-state index contributed by atoms with van der Waals surface area (Å²) in [5.41, 5.74) is 5.01. The van der Waals surface area contributed by atoms with Crippen LogP contribution >= 0.6 is 27.3 Å². The number of nitrogens with zero attached hydrogens (tertiary/aromatic N) is 1. The van der Waals surface area contributed by atoms with E-state index in [9.17, 15) is 9.90 Å². The van der Waals surface area contributed by atoms with Gasteiger partial charge >= 0.3 is 6.09 Å². The number of hydrogen-bond donors (Lipinski definition) is 4. The number of amides is 1. The Balaban J connectivity index is 0.000000422. The summed E-state index contributed by atoms with van der Waals surface area (Å²) in [6.45, 7) is 5.61. The number of nitrogens with two attached hydrogens (primary N) is 1. The van der Waals surface area contributed by atoms with Crippen molar-refractivity contribution in [3.05, 3.63) is 20.8 Å². The van der Waals surface area contributed by atoms with Crippen LogP contribution in [0.15, 0.2) is 15.9 Å². The lowest BCUT2D eigenvalue weighted by molar-refractivity contribution is 0.102. The number of rotatable bonds is 2. The standard InChI is InChI=1S/C10H13BrN2O3S.C4H10O/c11-7-1-8(17-4-7)10(12)5-13(9(15)16)2-6(10)3-14;1-4(2,3)5/h1,4,6,14H,2-3,5,12H2,(H,15,16);5H,1-3H3. The van der Waals surface area contributed by atoms with Gasteiger partial charge in [-0.15, -0.1) is 11.3 Å². The smallest absolute Gasteiger partial charge is 0.407 e. The quantitative estimate of drug-likeness (QED) is 0.613. The van der Waals surface area contributed by atoms with Gasteiger partial charge in [-0.05, 0) is 42.8 Å². The molecule has 1 aliphatic rings. The number of likely N-dealkylation sites (tertiary alicyclic amines) is 1. The summed E-state index contributed by atoms with van der Waals surface area (Å²) < 4.78 is 0.924. The van der Waals surface area contributed by atoms with Gasteiger partial charge in [-0.25, -0.2) is 4.79 Å². The predicted molar refractivity (Wildman–Crippen MR) is 90.0 cm³/mol. The molecule has 2 atom stereocenters. The van der Waals surface area contributed by atoms with Crippen LogP contribution in [0.4, 0.5) is 4.79 Å². The van der Waals surface area contributed by atoms with Crippen molar-refractivity contribution in [3.63, 3.8) is 0 Å². The minimum Gasteiger partial charge on any atom is -0.465 e. The van der Waals surface area contributed by atoms with Gasteiger partial charge < -0.3 is 26.0 Å². The molecule has 1 fully saturated rings. The first-order valence-corrected chi connectivity index (χ1v) is 8.49. The van der Waals surface area contributed by atoms with Crippen molar-refractivity contribution in [1.82, 2.24) is 4.90 Å². The molecule has 0 spiro atoms. The Morgan fingerprint density at radius 2 is 2.14 bits per heavy atom. The molecule has 8 heteroatoms. The molecular formula is C14H23BrN2O4S. The van der Waals surface area contributed by atoms with Crippen molar-refractivity contribution >= 4 is 33.4 Å². The predicted octanol–water partition coefficient (Wildman–Crippen LogP) is 2.04. The average Bonchev–Trinajstić information content (AvgIpc) is 2.92. The molecule has 1 aliphatic heterocycles. The number of aliphatic hydroxyl groups excluding tert-OH is 1. The van der Waals surface area contributed by atoms with Gasteiger partial charge in [-0.3, -0.25) is 0 Å². The summed E-state index contributed by atoms with van der Waals surface area (Å²) >= 11 is 4.83. The van der Waals surface area contributed by atoms with Crippen molar-refractivity contribution in [1.29, 1.82) is 0 Å². The molecule has 1 aromatic rings. The van der Waals surface area contributed by atoms with Crippen molar-refractivity contribution in [2.75, 3.05) is 19.7 Å². The van der Waals surface area contributed by atoms with E-state index in [2.05, 4.69) is 15.9 Å². The molecule has 0 radical (unpaired) electrons. The van der Waals surface area contributed by atoms with Gasteiger partial charge in [0.2, 0.25) is 0 Å². The van der Waals surface area contributed by atoms with Crippen LogP contribution in [-0.4, -0.2) is 51.6 Å². The Kier molecular flexibility index (Phi) is 6.40. The molecule has 126 valence electrons. The maximum atomic E-state index is 11.0. The first-order chi connectivity index (χ1) is 9.97. The number of thiophene rings is 1. The van der Waals surface area contributed by atoms with E-state index in [1.165, 1.54) is 16.2 Å². The maximum absolute atomic E-state index is 11.0. The molecule has 2 unspecified atom stereocenters. The topological polar surface area (TPSA) is 107 Å². The van der Waals surface area contributed by atoms with E-state index in [1.54, 1.807) is 20.8 Å². The van der Waals surface area contributed by atoms with E-state index in [0.717, 1.165) is 9.35 Å². The van der Waals surface area contributed by atoms with Crippen LogP contribution in [0.25, 0.3) is 0 Å². The molecule has 6 nitrogen and oxygen atoms in total. The van der Waals surface area contributed by atoms with Gasteiger partial charge in [-0.2, -0.15) is 0 Å². The second-order valence-electron chi connectivity index (χ2n) is 6.38. The molecule has 2 heterocycles. The SMILES string of the molecule is CC(C)(C)O.NC1(c2cc(Br)cs2)CN(C(=O)O)CC1CO. The molecule has 0 aliphatic carbocycles. The zero-order chi connectivity index (χ0) is 17.1. The lowest BCUT2D eigenvalue weighted by atomic mass is 9.87. The Morgan fingerprint density at radius 3 is 2.50 bits per heavy atom. The number of carboxylic acid groups (broad SMARTS) is 1. The van der Waals surface area contributed by atoms with E-state index in [0.29, 0.717) is 0 Å².